The Labute approximate surface area is 132 Å². The second-order valence-electron chi connectivity index (χ2n) is 5.91. The Morgan fingerprint density at radius 3 is 2.59 bits per heavy atom. The first-order valence-electron chi connectivity index (χ1n) is 8.11. The van der Waals surface area contributed by atoms with Gasteiger partial charge < -0.3 is 9.84 Å². The SMILES string of the molecule is CCOc1c(Cc2ccc(O)cc2)c(C)nc2c1CCCC2. The molecule has 0 radical (unpaired) electrons. The minimum Gasteiger partial charge on any atom is -0.508 e. The molecule has 0 fully saturated rings. The molecule has 3 heteroatoms. The molecule has 0 unspecified atom stereocenters. The van der Waals surface area contributed by atoms with Crippen molar-refractivity contribution in [1.82, 2.24) is 4.98 Å². The number of aromatic nitrogens is 1. The lowest BCUT2D eigenvalue weighted by Gasteiger charge is -2.23. The number of hydrogen-bond donors (Lipinski definition) is 1. The summed E-state index contributed by atoms with van der Waals surface area (Å²) < 4.78 is 6.02. The minimum absolute atomic E-state index is 0.300. The van der Waals surface area contributed by atoms with Gasteiger partial charge in [0, 0.05) is 28.9 Å². The van der Waals surface area contributed by atoms with Crippen molar-refractivity contribution in [3.05, 3.63) is 52.3 Å². The van der Waals surface area contributed by atoms with Crippen LogP contribution in [0.2, 0.25) is 0 Å². The molecule has 3 nitrogen and oxygen atoms in total. The number of aryl methyl sites for hydroxylation is 2. The molecule has 0 atom stereocenters. The van der Waals surface area contributed by atoms with Crippen molar-refractivity contribution in [3.8, 4) is 11.5 Å². The highest BCUT2D eigenvalue weighted by Gasteiger charge is 2.21. The van der Waals surface area contributed by atoms with Gasteiger partial charge in [-0.1, -0.05) is 12.1 Å². The molecule has 1 N–H and O–H groups in total. The zero-order chi connectivity index (χ0) is 15.5. The molecule has 1 aliphatic carbocycles. The summed E-state index contributed by atoms with van der Waals surface area (Å²) in [7, 11) is 0. The van der Waals surface area contributed by atoms with Crippen molar-refractivity contribution in [2.45, 2.75) is 46.0 Å². The van der Waals surface area contributed by atoms with Crippen LogP contribution in [0.5, 0.6) is 11.5 Å². The van der Waals surface area contributed by atoms with Crippen molar-refractivity contribution in [2.24, 2.45) is 0 Å². The van der Waals surface area contributed by atoms with Crippen LogP contribution in [0, 0.1) is 6.92 Å². The molecule has 0 aliphatic heterocycles. The fraction of sp³-hybridized carbons (Fsp3) is 0.421. The van der Waals surface area contributed by atoms with Gasteiger partial charge >= 0.3 is 0 Å². The second-order valence-corrected chi connectivity index (χ2v) is 5.91. The van der Waals surface area contributed by atoms with Gasteiger partial charge in [-0.25, -0.2) is 0 Å². The van der Waals surface area contributed by atoms with Crippen molar-refractivity contribution in [1.29, 1.82) is 0 Å². The number of aromatic hydroxyl groups is 1. The Balaban J connectivity index is 2.03. The highest BCUT2D eigenvalue weighted by Crippen LogP contribution is 2.35. The van der Waals surface area contributed by atoms with E-state index in [0.717, 1.165) is 30.7 Å². The lowest BCUT2D eigenvalue weighted by molar-refractivity contribution is 0.330. The Kier molecular flexibility index (Phi) is 4.32. The van der Waals surface area contributed by atoms with Gasteiger partial charge in [0.2, 0.25) is 0 Å². The number of pyridine rings is 1. The lowest BCUT2D eigenvalue weighted by Crippen LogP contribution is -2.13. The van der Waals surface area contributed by atoms with E-state index in [-0.39, 0.29) is 0 Å². The molecular weight excluding hydrogens is 274 g/mol. The Morgan fingerprint density at radius 2 is 1.86 bits per heavy atom. The quantitative estimate of drug-likeness (QED) is 0.928. The van der Waals surface area contributed by atoms with Crippen LogP contribution in [0.1, 0.15) is 47.8 Å². The molecular formula is C19H23NO2. The second kappa shape index (κ2) is 6.39. The zero-order valence-corrected chi connectivity index (χ0v) is 13.4. The van der Waals surface area contributed by atoms with Gasteiger partial charge in [0.25, 0.3) is 0 Å². The summed E-state index contributed by atoms with van der Waals surface area (Å²) in [6, 6.07) is 7.39. The smallest absolute Gasteiger partial charge is 0.129 e. The number of nitrogens with zero attached hydrogens (tertiary/aromatic N) is 1. The van der Waals surface area contributed by atoms with E-state index < -0.39 is 0 Å². The van der Waals surface area contributed by atoms with Gasteiger partial charge in [-0.3, -0.25) is 4.98 Å². The van der Waals surface area contributed by atoms with Crippen LogP contribution in [0.25, 0.3) is 0 Å². The first-order chi connectivity index (χ1) is 10.7. The van der Waals surface area contributed by atoms with Gasteiger partial charge in [0.05, 0.1) is 6.61 Å². The Hall–Kier alpha value is -2.03. The van der Waals surface area contributed by atoms with E-state index >= 15 is 0 Å². The third-order valence-electron chi connectivity index (χ3n) is 4.33. The predicted octanol–water partition coefficient (Wildman–Crippen LogP) is 3.96. The summed E-state index contributed by atoms with van der Waals surface area (Å²) in [6.07, 6.45) is 5.37. The molecule has 0 amide bonds. The number of benzene rings is 1. The van der Waals surface area contributed by atoms with Gasteiger partial charge in [-0.2, -0.15) is 0 Å². The topological polar surface area (TPSA) is 42.4 Å². The van der Waals surface area contributed by atoms with E-state index in [1.54, 1.807) is 12.1 Å². The average molecular weight is 297 g/mol. The van der Waals surface area contributed by atoms with Crippen LogP contribution in [0.4, 0.5) is 0 Å². The summed E-state index contributed by atoms with van der Waals surface area (Å²) in [5.74, 6) is 1.35. The van der Waals surface area contributed by atoms with Gasteiger partial charge in [-0.15, -0.1) is 0 Å². The Morgan fingerprint density at radius 1 is 1.14 bits per heavy atom. The molecule has 0 spiro atoms. The third kappa shape index (κ3) is 2.94. The summed E-state index contributed by atoms with van der Waals surface area (Å²) in [6.45, 7) is 4.79. The minimum atomic E-state index is 0.300. The van der Waals surface area contributed by atoms with Crippen LogP contribution in [0.3, 0.4) is 0 Å². The number of rotatable bonds is 4. The molecule has 2 aromatic rings. The average Bonchev–Trinajstić information content (AvgIpc) is 2.52. The molecule has 1 aliphatic rings. The van der Waals surface area contributed by atoms with Crippen molar-refractivity contribution < 1.29 is 9.84 Å². The van der Waals surface area contributed by atoms with E-state index in [1.165, 1.54) is 35.2 Å². The molecule has 0 bridgehead atoms. The highest BCUT2D eigenvalue weighted by atomic mass is 16.5. The van der Waals surface area contributed by atoms with Gasteiger partial charge in [0.1, 0.15) is 11.5 Å². The van der Waals surface area contributed by atoms with E-state index in [2.05, 4.69) is 6.92 Å². The summed E-state index contributed by atoms with van der Waals surface area (Å²) >= 11 is 0. The summed E-state index contributed by atoms with van der Waals surface area (Å²) in [5.41, 5.74) is 5.96. The highest BCUT2D eigenvalue weighted by molar-refractivity contribution is 5.49. The monoisotopic (exact) mass is 297 g/mol. The molecule has 3 rings (SSSR count). The van der Waals surface area contributed by atoms with Crippen LogP contribution < -0.4 is 4.74 Å². The maximum absolute atomic E-state index is 9.44. The van der Waals surface area contributed by atoms with Crippen molar-refractivity contribution in [3.63, 3.8) is 0 Å². The van der Waals surface area contributed by atoms with Crippen molar-refractivity contribution in [2.75, 3.05) is 6.61 Å². The fourth-order valence-electron chi connectivity index (χ4n) is 3.22. The maximum Gasteiger partial charge on any atom is 0.129 e. The van der Waals surface area contributed by atoms with Crippen LogP contribution in [-0.4, -0.2) is 16.7 Å². The first-order valence-corrected chi connectivity index (χ1v) is 8.11. The normalized spacial score (nSPS) is 13.7. The van der Waals surface area contributed by atoms with Crippen LogP contribution >= 0.6 is 0 Å². The molecule has 0 saturated carbocycles. The molecule has 0 saturated heterocycles. The summed E-state index contributed by atoms with van der Waals surface area (Å²) in [4.78, 5) is 4.84. The van der Waals surface area contributed by atoms with E-state index in [4.69, 9.17) is 9.72 Å². The predicted molar refractivity (Wildman–Crippen MR) is 87.7 cm³/mol. The standard InChI is InChI=1S/C19H23NO2/c1-3-22-19-16-6-4-5-7-18(16)20-13(2)17(19)12-14-8-10-15(21)11-9-14/h8-11,21H,3-7,12H2,1-2H3. The molecule has 22 heavy (non-hydrogen) atoms. The van der Waals surface area contributed by atoms with Crippen LogP contribution in [0.15, 0.2) is 24.3 Å². The number of phenols is 1. The van der Waals surface area contributed by atoms with E-state index in [1.807, 2.05) is 19.1 Å². The number of hydrogen-bond acceptors (Lipinski definition) is 3. The number of fused-ring (bicyclic) bond motifs is 1. The molecule has 1 heterocycles. The molecule has 1 aromatic carbocycles. The van der Waals surface area contributed by atoms with Crippen molar-refractivity contribution >= 4 is 0 Å². The molecule has 116 valence electrons. The first kappa shape index (κ1) is 14.9. The Bertz CT molecular complexity index is 662. The summed E-state index contributed by atoms with van der Waals surface area (Å²) in [5, 5.41) is 9.44. The largest absolute Gasteiger partial charge is 0.508 e. The maximum atomic E-state index is 9.44. The van der Waals surface area contributed by atoms with E-state index in [0.29, 0.717) is 12.4 Å². The van der Waals surface area contributed by atoms with E-state index in [9.17, 15) is 5.11 Å². The van der Waals surface area contributed by atoms with Gasteiger partial charge in [-0.05, 0) is 57.2 Å². The van der Waals surface area contributed by atoms with Crippen LogP contribution in [-0.2, 0) is 19.3 Å². The lowest BCUT2D eigenvalue weighted by atomic mass is 9.91. The zero-order valence-electron chi connectivity index (χ0n) is 13.4. The fourth-order valence-corrected chi connectivity index (χ4v) is 3.22. The molecule has 1 aromatic heterocycles. The van der Waals surface area contributed by atoms with Gasteiger partial charge in [0.15, 0.2) is 0 Å². The number of phenolic OH excluding ortho intramolecular Hbond substituents is 1. The number of ether oxygens (including phenoxy) is 1. The third-order valence-corrected chi connectivity index (χ3v) is 4.33.